The molecule has 0 bridgehead atoms. The lowest BCUT2D eigenvalue weighted by Crippen LogP contribution is -2.25. The van der Waals surface area contributed by atoms with E-state index >= 15 is 0 Å². The Morgan fingerprint density at radius 3 is 1.77 bits per heavy atom. The van der Waals surface area contributed by atoms with Gasteiger partial charge < -0.3 is 0 Å². The van der Waals surface area contributed by atoms with E-state index in [9.17, 15) is 0 Å². The highest BCUT2D eigenvalue weighted by molar-refractivity contribution is 7.22. The van der Waals surface area contributed by atoms with Crippen LogP contribution in [0.5, 0.6) is 0 Å². The molecule has 10 aromatic rings. The minimum atomic E-state index is -0.409. The zero-order valence-corrected chi connectivity index (χ0v) is 28.9. The normalized spacial score (nSPS) is 15.4. The highest BCUT2D eigenvalue weighted by atomic mass is 32.1. The Labute approximate surface area is 305 Å². The molecule has 2 heteroatoms. The van der Waals surface area contributed by atoms with Gasteiger partial charge in [0.05, 0.1) is 10.9 Å². The molecule has 0 saturated heterocycles. The molecule has 0 N–H and O–H groups in total. The van der Waals surface area contributed by atoms with Crippen molar-refractivity contribution >= 4 is 53.9 Å². The number of hydrogen-bond acceptors (Lipinski definition) is 2. The van der Waals surface area contributed by atoms with Crippen molar-refractivity contribution in [3.8, 4) is 43.8 Å². The van der Waals surface area contributed by atoms with Crippen molar-refractivity contribution < 1.29 is 0 Å². The van der Waals surface area contributed by atoms with E-state index < -0.39 is 5.41 Å². The second-order valence-corrected chi connectivity index (χ2v) is 15.2. The molecule has 1 spiro atoms. The van der Waals surface area contributed by atoms with E-state index in [1.165, 1.54) is 97.7 Å². The van der Waals surface area contributed by atoms with Gasteiger partial charge in [-0.25, -0.2) is 0 Å². The molecule has 2 aromatic heterocycles. The first-order chi connectivity index (χ1) is 25.8. The van der Waals surface area contributed by atoms with Crippen LogP contribution in [0.15, 0.2) is 176 Å². The fourth-order valence-electron chi connectivity index (χ4n) is 9.78. The number of benzene rings is 8. The molecule has 0 radical (unpaired) electrons. The van der Waals surface area contributed by atoms with Crippen LogP contribution in [-0.4, -0.2) is 4.98 Å². The van der Waals surface area contributed by atoms with Crippen LogP contribution in [0.1, 0.15) is 22.3 Å². The van der Waals surface area contributed by atoms with E-state index in [1.54, 1.807) is 0 Å². The van der Waals surface area contributed by atoms with Gasteiger partial charge in [-0.15, -0.1) is 11.3 Å². The maximum absolute atomic E-state index is 4.91. The second-order valence-electron chi connectivity index (χ2n) is 14.1. The van der Waals surface area contributed by atoms with Gasteiger partial charge in [0.1, 0.15) is 0 Å². The molecule has 2 heterocycles. The van der Waals surface area contributed by atoms with Gasteiger partial charge in [0.2, 0.25) is 0 Å². The SMILES string of the molecule is c1ccc2c(c1)-c1ccc(-c3c4ccccc4c(-c4cccc5cccnc45)c4ccccc34)cc1C21c2ccccc2-c2sc3ccccc3c21. The highest BCUT2D eigenvalue weighted by Gasteiger charge is 2.53. The largest absolute Gasteiger partial charge is 0.256 e. The summed E-state index contributed by atoms with van der Waals surface area (Å²) in [5, 5.41) is 7.49. The minimum Gasteiger partial charge on any atom is -0.256 e. The lowest BCUT2D eigenvalue weighted by molar-refractivity contribution is 0.803. The topological polar surface area (TPSA) is 12.9 Å². The smallest absolute Gasteiger partial charge is 0.0780 e. The summed E-state index contributed by atoms with van der Waals surface area (Å²) in [4.78, 5) is 6.30. The van der Waals surface area contributed by atoms with Crippen LogP contribution >= 0.6 is 11.3 Å². The predicted molar refractivity (Wildman–Crippen MR) is 219 cm³/mol. The van der Waals surface area contributed by atoms with Gasteiger partial charge in [-0.3, -0.25) is 4.98 Å². The first-order valence-corrected chi connectivity index (χ1v) is 18.8. The summed E-state index contributed by atoms with van der Waals surface area (Å²) >= 11 is 1.94. The molecule has 1 nitrogen and oxygen atoms in total. The number of hydrogen-bond donors (Lipinski definition) is 0. The molecule has 8 aromatic carbocycles. The molecule has 240 valence electrons. The Hall–Kier alpha value is -6.35. The molecule has 2 aliphatic rings. The standard InChI is InChI=1S/C50H29NS/c1-3-18-36-34(16-1)45(35-17-2-4-19-37(35)46(36)40-22-11-13-30-14-12-28-51-48(30)40)31-26-27-33-32-15-5-8-23-41(32)50(43(33)29-31)42-24-9-6-20-38(42)49-47(50)39-21-7-10-25-44(39)52-49/h1-29H. The predicted octanol–water partition coefficient (Wildman–Crippen LogP) is 13.4. The molecule has 0 aliphatic heterocycles. The van der Waals surface area contributed by atoms with E-state index in [2.05, 4.69) is 164 Å². The Morgan fingerprint density at radius 1 is 0.423 bits per heavy atom. The molecular formula is C50H29NS. The zero-order valence-electron chi connectivity index (χ0n) is 28.1. The van der Waals surface area contributed by atoms with Gasteiger partial charge in [0.15, 0.2) is 0 Å². The second kappa shape index (κ2) is 10.4. The average Bonchev–Trinajstić information content (AvgIpc) is 3.83. The van der Waals surface area contributed by atoms with Crippen LogP contribution in [0, 0.1) is 0 Å². The van der Waals surface area contributed by atoms with Gasteiger partial charge in [-0.2, -0.15) is 0 Å². The maximum atomic E-state index is 4.91. The number of aromatic nitrogens is 1. The quantitative estimate of drug-likeness (QED) is 0.166. The summed E-state index contributed by atoms with van der Waals surface area (Å²) in [6.45, 7) is 0. The van der Waals surface area contributed by atoms with Crippen molar-refractivity contribution in [1.29, 1.82) is 0 Å². The number of para-hydroxylation sites is 1. The maximum Gasteiger partial charge on any atom is 0.0780 e. The van der Waals surface area contributed by atoms with E-state index in [1.807, 2.05) is 23.6 Å². The van der Waals surface area contributed by atoms with Gasteiger partial charge in [0.25, 0.3) is 0 Å². The van der Waals surface area contributed by atoms with Gasteiger partial charge >= 0.3 is 0 Å². The molecular weight excluding hydrogens is 647 g/mol. The van der Waals surface area contributed by atoms with Crippen molar-refractivity contribution in [3.63, 3.8) is 0 Å². The molecule has 2 aliphatic carbocycles. The Morgan fingerprint density at radius 2 is 1.00 bits per heavy atom. The van der Waals surface area contributed by atoms with Gasteiger partial charge in [0, 0.05) is 26.7 Å². The summed E-state index contributed by atoms with van der Waals surface area (Å²) in [7, 11) is 0. The van der Waals surface area contributed by atoms with Crippen molar-refractivity contribution in [1.82, 2.24) is 4.98 Å². The third-order valence-corrected chi connectivity index (χ3v) is 12.9. The van der Waals surface area contributed by atoms with E-state index in [4.69, 9.17) is 4.98 Å². The Kier molecular flexibility index (Phi) is 5.65. The molecule has 0 amide bonds. The lowest BCUT2D eigenvalue weighted by Gasteiger charge is -2.31. The number of pyridine rings is 1. The summed E-state index contributed by atoms with van der Waals surface area (Å²) < 4.78 is 1.35. The number of fused-ring (bicyclic) bond motifs is 15. The molecule has 52 heavy (non-hydrogen) atoms. The molecule has 12 rings (SSSR count). The van der Waals surface area contributed by atoms with Crippen LogP contribution in [0.25, 0.3) is 86.4 Å². The third kappa shape index (κ3) is 3.50. The number of thiophene rings is 1. The van der Waals surface area contributed by atoms with Crippen molar-refractivity contribution in [2.75, 3.05) is 0 Å². The third-order valence-electron chi connectivity index (χ3n) is 11.7. The molecule has 1 unspecified atom stereocenters. The highest BCUT2D eigenvalue weighted by Crippen LogP contribution is 2.66. The lowest BCUT2D eigenvalue weighted by atomic mass is 9.69. The van der Waals surface area contributed by atoms with Crippen LogP contribution in [0.4, 0.5) is 0 Å². The van der Waals surface area contributed by atoms with E-state index in [0.717, 1.165) is 10.9 Å². The summed E-state index contributed by atoms with van der Waals surface area (Å²) in [5.41, 5.74) is 15.1. The van der Waals surface area contributed by atoms with Crippen LogP contribution in [0.2, 0.25) is 0 Å². The first kappa shape index (κ1) is 28.4. The summed E-state index contributed by atoms with van der Waals surface area (Å²) in [6, 6.07) is 63.3. The van der Waals surface area contributed by atoms with Crippen molar-refractivity contribution in [2.24, 2.45) is 0 Å². The van der Waals surface area contributed by atoms with Gasteiger partial charge in [-0.1, -0.05) is 152 Å². The fraction of sp³-hybridized carbons (Fsp3) is 0.0200. The summed E-state index contributed by atoms with van der Waals surface area (Å²) in [5.74, 6) is 0. The van der Waals surface area contributed by atoms with E-state index in [-0.39, 0.29) is 0 Å². The van der Waals surface area contributed by atoms with Crippen LogP contribution in [-0.2, 0) is 5.41 Å². The van der Waals surface area contributed by atoms with Crippen molar-refractivity contribution in [2.45, 2.75) is 5.41 Å². The van der Waals surface area contributed by atoms with Gasteiger partial charge in [-0.05, 0) is 101 Å². The zero-order chi connectivity index (χ0) is 34.0. The van der Waals surface area contributed by atoms with Crippen LogP contribution < -0.4 is 0 Å². The number of rotatable bonds is 2. The summed E-state index contributed by atoms with van der Waals surface area (Å²) in [6.07, 6.45) is 1.91. The molecule has 1 atom stereocenters. The molecule has 0 saturated carbocycles. The monoisotopic (exact) mass is 675 g/mol. The van der Waals surface area contributed by atoms with E-state index in [0.29, 0.717) is 0 Å². The Bertz CT molecular complexity index is 3090. The van der Waals surface area contributed by atoms with Crippen LogP contribution in [0.3, 0.4) is 0 Å². The first-order valence-electron chi connectivity index (χ1n) is 18.0. The molecule has 0 fully saturated rings. The average molecular weight is 676 g/mol. The fourth-order valence-corrected chi connectivity index (χ4v) is 11.1. The van der Waals surface area contributed by atoms with Crippen molar-refractivity contribution in [3.05, 3.63) is 198 Å². The minimum absolute atomic E-state index is 0.409. The number of nitrogens with zero attached hydrogens (tertiary/aromatic N) is 1. The Balaban J connectivity index is 1.21.